The third-order valence-corrected chi connectivity index (χ3v) is 3.86. The van der Waals surface area contributed by atoms with Crippen LogP contribution in [0.3, 0.4) is 0 Å². The average Bonchev–Trinajstić information content (AvgIpc) is 2.36. The molecule has 2 N–H and O–H groups in total. The standard InChI is InChI=1S/C14H19IN2O2/c1-9(2)10(3)17-13(18)8-16-14(19)11-6-4-5-7-12(11)15/h4-7,9-10H,8H2,1-3H3,(H,16,19)(H,17,18). The van der Waals surface area contributed by atoms with Crippen LogP contribution < -0.4 is 10.6 Å². The van der Waals surface area contributed by atoms with E-state index in [1.807, 2.05) is 32.9 Å². The van der Waals surface area contributed by atoms with Gasteiger partial charge in [0, 0.05) is 9.61 Å². The molecule has 0 heterocycles. The molecule has 104 valence electrons. The maximum Gasteiger partial charge on any atom is 0.252 e. The molecule has 1 unspecified atom stereocenters. The van der Waals surface area contributed by atoms with Crippen molar-refractivity contribution in [3.05, 3.63) is 33.4 Å². The predicted octanol–water partition coefficient (Wildman–Crippen LogP) is 2.18. The molecule has 0 fully saturated rings. The quantitative estimate of drug-likeness (QED) is 0.777. The Bertz CT molecular complexity index is 461. The fourth-order valence-electron chi connectivity index (χ4n) is 1.37. The molecule has 4 nitrogen and oxygen atoms in total. The number of carbonyl (C=O) groups excluding carboxylic acids is 2. The zero-order chi connectivity index (χ0) is 14.4. The van der Waals surface area contributed by atoms with Gasteiger partial charge in [0.05, 0.1) is 12.1 Å². The van der Waals surface area contributed by atoms with E-state index in [-0.39, 0.29) is 24.4 Å². The number of halogens is 1. The van der Waals surface area contributed by atoms with Gasteiger partial charge in [0.15, 0.2) is 0 Å². The Balaban J connectivity index is 2.47. The molecule has 0 aliphatic carbocycles. The monoisotopic (exact) mass is 374 g/mol. The molecular formula is C14H19IN2O2. The van der Waals surface area contributed by atoms with E-state index in [2.05, 4.69) is 33.2 Å². The third-order valence-electron chi connectivity index (χ3n) is 2.92. The van der Waals surface area contributed by atoms with E-state index in [0.717, 1.165) is 3.57 Å². The van der Waals surface area contributed by atoms with Crippen LogP contribution in [0.25, 0.3) is 0 Å². The summed E-state index contributed by atoms with van der Waals surface area (Å²) in [5, 5.41) is 5.47. The molecule has 1 aromatic rings. The van der Waals surface area contributed by atoms with Gasteiger partial charge in [-0.2, -0.15) is 0 Å². The van der Waals surface area contributed by atoms with Crippen molar-refractivity contribution in [2.45, 2.75) is 26.8 Å². The van der Waals surface area contributed by atoms with Crippen molar-refractivity contribution in [2.75, 3.05) is 6.54 Å². The summed E-state index contributed by atoms with van der Waals surface area (Å²) in [6.45, 7) is 6.02. The number of amides is 2. The van der Waals surface area contributed by atoms with E-state index in [4.69, 9.17) is 0 Å². The summed E-state index contributed by atoms with van der Waals surface area (Å²) in [7, 11) is 0. The Morgan fingerprint density at radius 3 is 2.42 bits per heavy atom. The highest BCUT2D eigenvalue weighted by atomic mass is 127. The molecule has 1 rings (SSSR count). The molecule has 0 aliphatic rings. The minimum atomic E-state index is -0.225. The van der Waals surface area contributed by atoms with E-state index >= 15 is 0 Å². The van der Waals surface area contributed by atoms with Crippen molar-refractivity contribution in [1.29, 1.82) is 0 Å². The number of rotatable bonds is 5. The first kappa shape index (κ1) is 15.9. The normalized spacial score (nSPS) is 12.1. The lowest BCUT2D eigenvalue weighted by molar-refractivity contribution is -0.121. The van der Waals surface area contributed by atoms with Crippen molar-refractivity contribution in [2.24, 2.45) is 5.92 Å². The van der Waals surface area contributed by atoms with Gasteiger partial charge in [-0.1, -0.05) is 26.0 Å². The number of nitrogens with one attached hydrogen (secondary N) is 2. The lowest BCUT2D eigenvalue weighted by Crippen LogP contribution is -2.42. The van der Waals surface area contributed by atoms with Gasteiger partial charge in [0.25, 0.3) is 5.91 Å². The second-order valence-electron chi connectivity index (χ2n) is 4.76. The fraction of sp³-hybridized carbons (Fsp3) is 0.429. The van der Waals surface area contributed by atoms with Crippen molar-refractivity contribution >= 4 is 34.4 Å². The number of hydrogen-bond donors (Lipinski definition) is 2. The summed E-state index contributed by atoms with van der Waals surface area (Å²) in [6, 6.07) is 7.37. The van der Waals surface area contributed by atoms with Gasteiger partial charge in [-0.05, 0) is 47.6 Å². The lowest BCUT2D eigenvalue weighted by atomic mass is 10.1. The van der Waals surface area contributed by atoms with Crippen LogP contribution in [0.15, 0.2) is 24.3 Å². The van der Waals surface area contributed by atoms with E-state index < -0.39 is 0 Å². The summed E-state index contributed by atoms with van der Waals surface area (Å²) >= 11 is 2.10. The minimum absolute atomic E-state index is 0.000861. The van der Waals surface area contributed by atoms with Crippen LogP contribution in [0.5, 0.6) is 0 Å². The van der Waals surface area contributed by atoms with Crippen LogP contribution >= 0.6 is 22.6 Å². The number of carbonyl (C=O) groups is 2. The average molecular weight is 374 g/mol. The highest BCUT2D eigenvalue weighted by Gasteiger charge is 2.13. The Labute approximate surface area is 127 Å². The van der Waals surface area contributed by atoms with Crippen molar-refractivity contribution < 1.29 is 9.59 Å². The maximum absolute atomic E-state index is 11.9. The van der Waals surface area contributed by atoms with Gasteiger partial charge < -0.3 is 10.6 Å². The fourth-order valence-corrected chi connectivity index (χ4v) is 2.01. The molecule has 0 spiro atoms. The van der Waals surface area contributed by atoms with Gasteiger partial charge in [-0.25, -0.2) is 0 Å². The third kappa shape index (κ3) is 5.18. The maximum atomic E-state index is 11.9. The largest absolute Gasteiger partial charge is 0.352 e. The minimum Gasteiger partial charge on any atom is -0.352 e. The molecule has 0 saturated carbocycles. The number of benzene rings is 1. The van der Waals surface area contributed by atoms with E-state index in [1.165, 1.54) is 0 Å². The van der Waals surface area contributed by atoms with Crippen molar-refractivity contribution in [1.82, 2.24) is 10.6 Å². The van der Waals surface area contributed by atoms with Gasteiger partial charge in [0.1, 0.15) is 0 Å². The second-order valence-corrected chi connectivity index (χ2v) is 5.92. The van der Waals surface area contributed by atoms with Gasteiger partial charge in [0.2, 0.25) is 5.91 Å². The molecule has 19 heavy (non-hydrogen) atoms. The molecule has 2 amide bonds. The summed E-state index contributed by atoms with van der Waals surface area (Å²) in [5.74, 6) is -0.0208. The molecule has 0 saturated heterocycles. The molecule has 0 radical (unpaired) electrons. The van der Waals surface area contributed by atoms with Crippen LogP contribution in [-0.4, -0.2) is 24.4 Å². The highest BCUT2D eigenvalue weighted by Crippen LogP contribution is 2.10. The summed E-state index contributed by atoms with van der Waals surface area (Å²) in [4.78, 5) is 23.5. The molecule has 0 aliphatic heterocycles. The van der Waals surface area contributed by atoms with Crippen molar-refractivity contribution in [3.8, 4) is 0 Å². The SMILES string of the molecule is CC(C)C(C)NC(=O)CNC(=O)c1ccccc1I. The van der Waals surface area contributed by atoms with E-state index in [1.54, 1.807) is 12.1 Å². The van der Waals surface area contributed by atoms with E-state index in [0.29, 0.717) is 11.5 Å². The molecule has 0 aromatic heterocycles. The first-order valence-corrected chi connectivity index (χ1v) is 7.31. The van der Waals surface area contributed by atoms with Crippen LogP contribution in [-0.2, 0) is 4.79 Å². The molecular weight excluding hydrogens is 355 g/mol. The summed E-state index contributed by atoms with van der Waals surface area (Å²) in [5.41, 5.74) is 0.591. The molecule has 1 aromatic carbocycles. The molecule has 1 atom stereocenters. The second kappa shape index (κ2) is 7.47. The smallest absolute Gasteiger partial charge is 0.252 e. The Morgan fingerprint density at radius 2 is 1.84 bits per heavy atom. The van der Waals surface area contributed by atoms with Crippen molar-refractivity contribution in [3.63, 3.8) is 0 Å². The zero-order valence-electron chi connectivity index (χ0n) is 11.4. The predicted molar refractivity (Wildman–Crippen MR) is 83.9 cm³/mol. The van der Waals surface area contributed by atoms with Crippen LogP contribution in [0.1, 0.15) is 31.1 Å². The lowest BCUT2D eigenvalue weighted by Gasteiger charge is -2.17. The zero-order valence-corrected chi connectivity index (χ0v) is 13.5. The van der Waals surface area contributed by atoms with E-state index in [9.17, 15) is 9.59 Å². The van der Waals surface area contributed by atoms with Gasteiger partial charge >= 0.3 is 0 Å². The number of hydrogen-bond acceptors (Lipinski definition) is 2. The topological polar surface area (TPSA) is 58.2 Å². The summed E-state index contributed by atoms with van der Waals surface area (Å²) in [6.07, 6.45) is 0. The highest BCUT2D eigenvalue weighted by molar-refractivity contribution is 14.1. The first-order valence-electron chi connectivity index (χ1n) is 6.24. The first-order chi connectivity index (χ1) is 8.91. The summed E-state index contributed by atoms with van der Waals surface area (Å²) < 4.78 is 0.869. The van der Waals surface area contributed by atoms with Crippen LogP contribution in [0.2, 0.25) is 0 Å². The Hall–Kier alpha value is -1.11. The Morgan fingerprint density at radius 1 is 1.21 bits per heavy atom. The molecule has 0 bridgehead atoms. The van der Waals surface area contributed by atoms with Crippen LogP contribution in [0.4, 0.5) is 0 Å². The van der Waals surface area contributed by atoms with Gasteiger partial charge in [-0.3, -0.25) is 9.59 Å². The van der Waals surface area contributed by atoms with Gasteiger partial charge in [-0.15, -0.1) is 0 Å². The Kier molecular flexibility index (Phi) is 6.27. The molecule has 5 heteroatoms. The van der Waals surface area contributed by atoms with Crippen LogP contribution in [0, 0.1) is 9.49 Å².